The standard InChI is InChI=1S/C12H14N6/c13-11-6-12(17-8-16-11)18-5-1-2-10(18)9-7-14-3-4-15-9/h3-4,6-8,10H,1-2,5H2,(H2,13,16,17). The summed E-state index contributed by atoms with van der Waals surface area (Å²) < 4.78 is 0. The fraction of sp³-hybridized carbons (Fsp3) is 0.333. The van der Waals surface area contributed by atoms with Crippen molar-refractivity contribution in [2.45, 2.75) is 18.9 Å². The van der Waals surface area contributed by atoms with Crippen LogP contribution in [0.1, 0.15) is 24.6 Å². The highest BCUT2D eigenvalue weighted by atomic mass is 15.2. The van der Waals surface area contributed by atoms with Crippen LogP contribution in [0.2, 0.25) is 0 Å². The number of hydrogen-bond donors (Lipinski definition) is 1. The summed E-state index contributed by atoms with van der Waals surface area (Å²) in [6, 6.07) is 2.03. The first-order chi connectivity index (χ1) is 8.84. The van der Waals surface area contributed by atoms with Crippen molar-refractivity contribution >= 4 is 11.6 Å². The third-order valence-electron chi connectivity index (χ3n) is 3.15. The van der Waals surface area contributed by atoms with Crippen LogP contribution in [0.25, 0.3) is 0 Å². The predicted octanol–water partition coefficient (Wildman–Crippen LogP) is 1.19. The Balaban J connectivity index is 1.92. The summed E-state index contributed by atoms with van der Waals surface area (Å²) >= 11 is 0. The van der Waals surface area contributed by atoms with Gasteiger partial charge in [0.05, 0.1) is 17.9 Å². The van der Waals surface area contributed by atoms with E-state index in [1.807, 2.05) is 6.20 Å². The molecule has 2 aromatic rings. The zero-order valence-corrected chi connectivity index (χ0v) is 9.90. The van der Waals surface area contributed by atoms with Gasteiger partial charge in [0, 0.05) is 25.0 Å². The fourth-order valence-corrected chi connectivity index (χ4v) is 2.35. The van der Waals surface area contributed by atoms with Crippen molar-refractivity contribution in [3.05, 3.63) is 36.7 Å². The smallest absolute Gasteiger partial charge is 0.134 e. The van der Waals surface area contributed by atoms with Gasteiger partial charge >= 0.3 is 0 Å². The van der Waals surface area contributed by atoms with Crippen LogP contribution in [0.5, 0.6) is 0 Å². The van der Waals surface area contributed by atoms with Gasteiger partial charge in [0.2, 0.25) is 0 Å². The highest BCUT2D eigenvalue weighted by Crippen LogP contribution is 2.33. The third kappa shape index (κ3) is 1.97. The molecule has 0 amide bonds. The number of anilines is 2. The quantitative estimate of drug-likeness (QED) is 0.852. The molecule has 0 spiro atoms. The Bertz CT molecular complexity index is 529. The van der Waals surface area contributed by atoms with Crippen LogP contribution >= 0.6 is 0 Å². The maximum absolute atomic E-state index is 5.70. The van der Waals surface area contributed by atoms with Gasteiger partial charge in [-0.2, -0.15) is 0 Å². The van der Waals surface area contributed by atoms with Gasteiger partial charge in [-0.1, -0.05) is 0 Å². The molecule has 0 bridgehead atoms. The first-order valence-electron chi connectivity index (χ1n) is 5.94. The van der Waals surface area contributed by atoms with Crippen molar-refractivity contribution < 1.29 is 0 Å². The molecule has 1 atom stereocenters. The molecule has 2 aromatic heterocycles. The van der Waals surface area contributed by atoms with Crippen molar-refractivity contribution in [1.29, 1.82) is 0 Å². The second kappa shape index (κ2) is 4.56. The van der Waals surface area contributed by atoms with E-state index < -0.39 is 0 Å². The number of rotatable bonds is 2. The van der Waals surface area contributed by atoms with E-state index >= 15 is 0 Å². The number of nitrogens with two attached hydrogens (primary N) is 1. The van der Waals surface area contributed by atoms with E-state index in [0.717, 1.165) is 30.9 Å². The Hall–Kier alpha value is -2.24. The van der Waals surface area contributed by atoms with E-state index in [1.54, 1.807) is 18.5 Å². The van der Waals surface area contributed by atoms with Crippen molar-refractivity contribution in [3.63, 3.8) is 0 Å². The minimum absolute atomic E-state index is 0.230. The minimum Gasteiger partial charge on any atom is -0.384 e. The van der Waals surface area contributed by atoms with E-state index in [4.69, 9.17) is 5.73 Å². The van der Waals surface area contributed by atoms with Gasteiger partial charge in [0.15, 0.2) is 0 Å². The highest BCUT2D eigenvalue weighted by Gasteiger charge is 2.28. The average molecular weight is 242 g/mol. The molecule has 1 unspecified atom stereocenters. The summed E-state index contributed by atoms with van der Waals surface area (Å²) in [6.07, 6.45) is 8.89. The molecule has 0 radical (unpaired) electrons. The monoisotopic (exact) mass is 242 g/mol. The summed E-state index contributed by atoms with van der Waals surface area (Å²) in [6.45, 7) is 0.956. The van der Waals surface area contributed by atoms with Crippen molar-refractivity contribution in [2.75, 3.05) is 17.2 Å². The SMILES string of the molecule is Nc1cc(N2CCCC2c2cnccn2)ncn1. The molecule has 3 heterocycles. The Morgan fingerprint density at radius 3 is 2.94 bits per heavy atom. The van der Waals surface area contributed by atoms with Crippen LogP contribution in [0.4, 0.5) is 11.6 Å². The average Bonchev–Trinajstić information content (AvgIpc) is 2.89. The van der Waals surface area contributed by atoms with Crippen LogP contribution in [0.15, 0.2) is 31.0 Å². The lowest BCUT2D eigenvalue weighted by atomic mass is 10.1. The molecule has 1 saturated heterocycles. The lowest BCUT2D eigenvalue weighted by molar-refractivity contribution is 0.682. The van der Waals surface area contributed by atoms with Gasteiger partial charge < -0.3 is 10.6 Å². The number of nitrogens with zero attached hydrogens (tertiary/aromatic N) is 5. The number of nitrogen functional groups attached to an aromatic ring is 1. The van der Waals surface area contributed by atoms with Gasteiger partial charge in [0.1, 0.15) is 18.0 Å². The summed E-state index contributed by atoms with van der Waals surface area (Å²) in [4.78, 5) is 18.9. The van der Waals surface area contributed by atoms with E-state index in [0.29, 0.717) is 5.82 Å². The molecule has 1 fully saturated rings. The van der Waals surface area contributed by atoms with E-state index in [9.17, 15) is 0 Å². The van der Waals surface area contributed by atoms with E-state index in [-0.39, 0.29) is 6.04 Å². The molecule has 92 valence electrons. The summed E-state index contributed by atoms with van der Waals surface area (Å²) in [5.74, 6) is 1.35. The summed E-state index contributed by atoms with van der Waals surface area (Å²) in [5.41, 5.74) is 6.68. The van der Waals surface area contributed by atoms with Gasteiger partial charge in [-0.3, -0.25) is 9.97 Å². The van der Waals surface area contributed by atoms with Crippen LogP contribution < -0.4 is 10.6 Å². The lowest BCUT2D eigenvalue weighted by Gasteiger charge is -2.24. The zero-order chi connectivity index (χ0) is 12.4. The van der Waals surface area contributed by atoms with Crippen LogP contribution in [-0.4, -0.2) is 26.5 Å². The summed E-state index contributed by atoms with van der Waals surface area (Å²) in [7, 11) is 0. The molecule has 6 heteroatoms. The number of aromatic nitrogens is 4. The molecule has 0 aliphatic carbocycles. The molecule has 1 aliphatic rings. The molecule has 2 N–H and O–H groups in total. The van der Waals surface area contributed by atoms with E-state index in [1.165, 1.54) is 6.33 Å². The Morgan fingerprint density at radius 1 is 1.22 bits per heavy atom. The Labute approximate surface area is 105 Å². The predicted molar refractivity (Wildman–Crippen MR) is 67.8 cm³/mol. The van der Waals surface area contributed by atoms with Crippen LogP contribution in [0.3, 0.4) is 0 Å². The lowest BCUT2D eigenvalue weighted by Crippen LogP contribution is -2.24. The first-order valence-corrected chi connectivity index (χ1v) is 5.94. The molecule has 0 aromatic carbocycles. The van der Waals surface area contributed by atoms with Crippen molar-refractivity contribution in [3.8, 4) is 0 Å². The third-order valence-corrected chi connectivity index (χ3v) is 3.15. The maximum Gasteiger partial charge on any atom is 0.134 e. The second-order valence-corrected chi connectivity index (χ2v) is 4.28. The molecule has 6 nitrogen and oxygen atoms in total. The first kappa shape index (κ1) is 10.9. The van der Waals surface area contributed by atoms with Crippen LogP contribution in [-0.2, 0) is 0 Å². The van der Waals surface area contributed by atoms with Gasteiger partial charge in [0.25, 0.3) is 0 Å². The van der Waals surface area contributed by atoms with E-state index in [2.05, 4.69) is 24.8 Å². The Kier molecular flexibility index (Phi) is 2.76. The Morgan fingerprint density at radius 2 is 2.17 bits per heavy atom. The zero-order valence-electron chi connectivity index (χ0n) is 9.90. The molecule has 0 saturated carbocycles. The molecular formula is C12H14N6. The fourth-order valence-electron chi connectivity index (χ4n) is 2.35. The van der Waals surface area contributed by atoms with Crippen LogP contribution in [0, 0.1) is 0 Å². The molecule has 1 aliphatic heterocycles. The number of hydrogen-bond acceptors (Lipinski definition) is 6. The maximum atomic E-state index is 5.70. The minimum atomic E-state index is 0.230. The normalized spacial score (nSPS) is 19.1. The van der Waals surface area contributed by atoms with Crippen molar-refractivity contribution in [1.82, 2.24) is 19.9 Å². The molecule has 18 heavy (non-hydrogen) atoms. The van der Waals surface area contributed by atoms with Crippen molar-refractivity contribution in [2.24, 2.45) is 0 Å². The largest absolute Gasteiger partial charge is 0.384 e. The van der Waals surface area contributed by atoms with Gasteiger partial charge in [-0.05, 0) is 12.8 Å². The molecule has 3 rings (SSSR count). The highest BCUT2D eigenvalue weighted by molar-refractivity contribution is 5.48. The molecular weight excluding hydrogens is 228 g/mol. The van der Waals surface area contributed by atoms with Gasteiger partial charge in [-0.25, -0.2) is 9.97 Å². The summed E-state index contributed by atoms with van der Waals surface area (Å²) in [5, 5.41) is 0. The topological polar surface area (TPSA) is 80.8 Å². The second-order valence-electron chi connectivity index (χ2n) is 4.28. The van der Waals surface area contributed by atoms with Gasteiger partial charge in [-0.15, -0.1) is 0 Å².